The SMILES string of the molecule is CC(C)(C)OC(=O)N(c1ccccc1)c1cccc(F)c1F. The van der Waals surface area contributed by atoms with Crippen LogP contribution in [0.15, 0.2) is 48.5 Å². The van der Waals surface area contributed by atoms with E-state index in [4.69, 9.17) is 4.74 Å². The predicted molar refractivity (Wildman–Crippen MR) is 81.2 cm³/mol. The number of amides is 1. The summed E-state index contributed by atoms with van der Waals surface area (Å²) in [6.07, 6.45) is -0.775. The second-order valence-electron chi connectivity index (χ2n) is 5.72. The van der Waals surface area contributed by atoms with Crippen LogP contribution in [-0.2, 0) is 4.74 Å². The summed E-state index contributed by atoms with van der Waals surface area (Å²) in [6.45, 7) is 5.11. The molecule has 0 bridgehead atoms. The Morgan fingerprint density at radius 3 is 2.23 bits per heavy atom. The molecule has 0 saturated heterocycles. The Morgan fingerprint density at radius 1 is 1.00 bits per heavy atom. The molecule has 0 atom stereocenters. The van der Waals surface area contributed by atoms with Gasteiger partial charge in [0.05, 0.1) is 11.4 Å². The molecule has 0 heterocycles. The summed E-state index contributed by atoms with van der Waals surface area (Å²) in [4.78, 5) is 13.5. The molecule has 0 N–H and O–H groups in total. The van der Waals surface area contributed by atoms with Crippen LogP contribution in [0.3, 0.4) is 0 Å². The van der Waals surface area contributed by atoms with E-state index in [0.717, 1.165) is 11.0 Å². The Kier molecular flexibility index (Phi) is 4.45. The van der Waals surface area contributed by atoms with Crippen molar-refractivity contribution in [2.45, 2.75) is 26.4 Å². The third kappa shape index (κ3) is 3.61. The lowest BCUT2D eigenvalue weighted by molar-refractivity contribution is 0.0598. The van der Waals surface area contributed by atoms with E-state index in [1.807, 2.05) is 0 Å². The fourth-order valence-electron chi connectivity index (χ4n) is 1.89. The smallest absolute Gasteiger partial charge is 0.419 e. The van der Waals surface area contributed by atoms with Crippen LogP contribution in [-0.4, -0.2) is 11.7 Å². The van der Waals surface area contributed by atoms with E-state index in [1.54, 1.807) is 51.1 Å². The van der Waals surface area contributed by atoms with Crippen LogP contribution >= 0.6 is 0 Å². The van der Waals surface area contributed by atoms with Gasteiger partial charge in [0, 0.05) is 0 Å². The molecular formula is C17H17F2NO2. The van der Waals surface area contributed by atoms with Gasteiger partial charge < -0.3 is 4.74 Å². The predicted octanol–water partition coefficient (Wildman–Crippen LogP) is 5.04. The highest BCUT2D eigenvalue weighted by molar-refractivity contribution is 5.96. The van der Waals surface area contributed by atoms with Gasteiger partial charge in [0.2, 0.25) is 0 Å². The Morgan fingerprint density at radius 2 is 1.64 bits per heavy atom. The molecule has 2 aromatic rings. The van der Waals surface area contributed by atoms with Crippen LogP contribution in [0, 0.1) is 11.6 Å². The van der Waals surface area contributed by atoms with Crippen LogP contribution < -0.4 is 4.90 Å². The first kappa shape index (κ1) is 15.9. The molecule has 3 nitrogen and oxygen atoms in total. The van der Waals surface area contributed by atoms with Crippen LogP contribution in [0.4, 0.5) is 25.0 Å². The number of hydrogen-bond acceptors (Lipinski definition) is 2. The number of ether oxygens (including phenoxy) is 1. The van der Waals surface area contributed by atoms with E-state index >= 15 is 0 Å². The van der Waals surface area contributed by atoms with Crippen molar-refractivity contribution >= 4 is 17.5 Å². The molecule has 1 amide bonds. The van der Waals surface area contributed by atoms with Gasteiger partial charge in [0.25, 0.3) is 0 Å². The molecule has 116 valence electrons. The van der Waals surface area contributed by atoms with Crippen molar-refractivity contribution in [3.05, 3.63) is 60.2 Å². The van der Waals surface area contributed by atoms with Gasteiger partial charge in [-0.05, 0) is 45.0 Å². The van der Waals surface area contributed by atoms with Crippen molar-refractivity contribution in [2.75, 3.05) is 4.90 Å². The summed E-state index contributed by atoms with van der Waals surface area (Å²) in [5.41, 5.74) is -0.560. The summed E-state index contributed by atoms with van der Waals surface area (Å²) in [7, 11) is 0. The second kappa shape index (κ2) is 6.13. The zero-order chi connectivity index (χ0) is 16.3. The molecule has 0 aliphatic carbocycles. The van der Waals surface area contributed by atoms with E-state index in [1.165, 1.54) is 12.1 Å². The second-order valence-corrected chi connectivity index (χ2v) is 5.72. The largest absolute Gasteiger partial charge is 0.443 e. The molecule has 0 fully saturated rings. The summed E-state index contributed by atoms with van der Waals surface area (Å²) < 4.78 is 32.9. The Balaban J connectivity index is 2.51. The molecule has 5 heteroatoms. The third-order valence-corrected chi connectivity index (χ3v) is 2.76. The van der Waals surface area contributed by atoms with Gasteiger partial charge in [0.15, 0.2) is 11.6 Å². The molecule has 0 radical (unpaired) electrons. The quantitative estimate of drug-likeness (QED) is 0.778. The number of para-hydroxylation sites is 1. The number of carbonyl (C=O) groups is 1. The third-order valence-electron chi connectivity index (χ3n) is 2.76. The summed E-state index contributed by atoms with van der Waals surface area (Å²) in [5, 5.41) is 0. The first-order valence-electron chi connectivity index (χ1n) is 6.82. The molecular weight excluding hydrogens is 288 g/mol. The summed E-state index contributed by atoms with van der Waals surface area (Å²) in [5.74, 6) is -2.13. The molecule has 2 aromatic carbocycles. The lowest BCUT2D eigenvalue weighted by Gasteiger charge is -2.27. The van der Waals surface area contributed by atoms with Gasteiger partial charge in [-0.3, -0.25) is 0 Å². The molecule has 22 heavy (non-hydrogen) atoms. The van der Waals surface area contributed by atoms with Crippen molar-refractivity contribution in [1.82, 2.24) is 0 Å². The summed E-state index contributed by atoms with van der Waals surface area (Å²) in [6, 6.07) is 12.1. The van der Waals surface area contributed by atoms with Gasteiger partial charge in [0.1, 0.15) is 5.60 Å². The first-order valence-corrected chi connectivity index (χ1v) is 6.82. The minimum absolute atomic E-state index is 0.194. The fourth-order valence-corrected chi connectivity index (χ4v) is 1.89. The average Bonchev–Trinajstić information content (AvgIpc) is 2.43. The molecule has 0 aliphatic rings. The van der Waals surface area contributed by atoms with Crippen molar-refractivity contribution in [2.24, 2.45) is 0 Å². The Bertz CT molecular complexity index is 666. The number of carbonyl (C=O) groups excluding carboxylic acids is 1. The maximum atomic E-state index is 14.1. The standard InChI is InChI=1S/C17H17F2NO2/c1-17(2,3)22-16(21)20(12-8-5-4-6-9-12)14-11-7-10-13(18)15(14)19/h4-11H,1-3H3. The minimum Gasteiger partial charge on any atom is -0.443 e. The lowest BCUT2D eigenvalue weighted by atomic mass is 10.2. The topological polar surface area (TPSA) is 29.5 Å². The van der Waals surface area contributed by atoms with Gasteiger partial charge >= 0.3 is 6.09 Å². The van der Waals surface area contributed by atoms with Gasteiger partial charge in [-0.15, -0.1) is 0 Å². The fraction of sp³-hybridized carbons (Fsp3) is 0.235. The van der Waals surface area contributed by atoms with Crippen LogP contribution in [0.25, 0.3) is 0 Å². The highest BCUT2D eigenvalue weighted by atomic mass is 19.2. The van der Waals surface area contributed by atoms with Crippen molar-refractivity contribution < 1.29 is 18.3 Å². The van der Waals surface area contributed by atoms with Crippen LogP contribution in [0.1, 0.15) is 20.8 Å². The number of hydrogen-bond donors (Lipinski definition) is 0. The zero-order valence-electron chi connectivity index (χ0n) is 12.6. The minimum atomic E-state index is -1.10. The van der Waals surface area contributed by atoms with Gasteiger partial charge in [-0.1, -0.05) is 24.3 Å². The highest BCUT2D eigenvalue weighted by Crippen LogP contribution is 2.30. The van der Waals surface area contributed by atoms with E-state index in [0.29, 0.717) is 5.69 Å². The first-order chi connectivity index (χ1) is 10.3. The van der Waals surface area contributed by atoms with Crippen molar-refractivity contribution in [1.29, 1.82) is 0 Å². The highest BCUT2D eigenvalue weighted by Gasteiger charge is 2.27. The van der Waals surface area contributed by atoms with Crippen molar-refractivity contribution in [3.8, 4) is 0 Å². The van der Waals surface area contributed by atoms with Crippen molar-refractivity contribution in [3.63, 3.8) is 0 Å². The van der Waals surface area contributed by atoms with E-state index in [2.05, 4.69) is 0 Å². The van der Waals surface area contributed by atoms with Crippen LogP contribution in [0.2, 0.25) is 0 Å². The van der Waals surface area contributed by atoms with E-state index < -0.39 is 23.3 Å². The number of anilines is 2. The monoisotopic (exact) mass is 305 g/mol. The average molecular weight is 305 g/mol. The Labute approximate surface area is 128 Å². The molecule has 0 saturated carbocycles. The normalized spacial score (nSPS) is 11.1. The molecule has 0 aliphatic heterocycles. The zero-order valence-corrected chi connectivity index (χ0v) is 12.6. The maximum absolute atomic E-state index is 14.1. The Hall–Kier alpha value is -2.43. The van der Waals surface area contributed by atoms with E-state index in [9.17, 15) is 13.6 Å². The maximum Gasteiger partial charge on any atom is 0.419 e. The molecule has 0 unspecified atom stereocenters. The molecule has 2 rings (SSSR count). The lowest BCUT2D eigenvalue weighted by Crippen LogP contribution is -2.34. The van der Waals surface area contributed by atoms with Crippen LogP contribution in [0.5, 0.6) is 0 Å². The molecule has 0 spiro atoms. The number of rotatable bonds is 2. The number of halogens is 2. The molecule has 0 aromatic heterocycles. The number of nitrogens with zero attached hydrogens (tertiary/aromatic N) is 1. The van der Waals surface area contributed by atoms with E-state index in [-0.39, 0.29) is 5.69 Å². The van der Waals surface area contributed by atoms with Gasteiger partial charge in [-0.25, -0.2) is 18.5 Å². The summed E-state index contributed by atoms with van der Waals surface area (Å²) >= 11 is 0. The number of benzene rings is 2. The van der Waals surface area contributed by atoms with Gasteiger partial charge in [-0.2, -0.15) is 0 Å².